The first-order valence-electron chi connectivity index (χ1n) is 11.2. The van der Waals surface area contributed by atoms with Crippen LogP contribution in [0.5, 0.6) is 5.75 Å². The summed E-state index contributed by atoms with van der Waals surface area (Å²) in [6, 6.07) is 0. The highest BCUT2D eigenvalue weighted by Crippen LogP contribution is 2.45. The average Bonchev–Trinajstić information content (AvgIpc) is 2.67. The van der Waals surface area contributed by atoms with Crippen LogP contribution in [0.4, 0.5) is 11.4 Å². The summed E-state index contributed by atoms with van der Waals surface area (Å²) in [7, 11) is 10.6. The molecule has 0 fully saturated rings. The van der Waals surface area contributed by atoms with Crippen LogP contribution in [0.1, 0.15) is 36.0 Å². The van der Waals surface area contributed by atoms with Crippen LogP contribution < -0.4 is 14.6 Å². The van der Waals surface area contributed by atoms with Crippen molar-refractivity contribution in [1.82, 2.24) is 5.06 Å². The van der Waals surface area contributed by atoms with Crippen LogP contribution in [0, 0.1) is 0 Å². The monoisotopic (exact) mass is 571 g/mol. The number of carbonyl (C=O) groups is 3. The number of hydrogen-bond acceptors (Lipinski definition) is 10. The van der Waals surface area contributed by atoms with Crippen LogP contribution in [0.25, 0.3) is 0 Å². The van der Waals surface area contributed by atoms with E-state index >= 15 is 0 Å². The molecule has 204 valence electrons. The van der Waals surface area contributed by atoms with E-state index in [1.165, 1.54) is 5.06 Å². The quantitative estimate of drug-likeness (QED) is 0.199. The Bertz CT molecular complexity index is 1040. The van der Waals surface area contributed by atoms with Crippen LogP contribution in [0.2, 0.25) is 0 Å². The lowest BCUT2D eigenvalue weighted by atomic mass is 9.89. The normalized spacial score (nSPS) is 10.7. The van der Waals surface area contributed by atoms with E-state index in [0.29, 0.717) is 33.8 Å². The molecule has 0 aliphatic carbocycles. The topological polar surface area (TPSA) is 131 Å². The molecule has 1 aromatic rings. The molecule has 3 N–H and O–H groups in total. The van der Waals surface area contributed by atoms with Gasteiger partial charge in [0.05, 0.1) is 19.3 Å². The summed E-state index contributed by atoms with van der Waals surface area (Å²) in [5.41, 5.74) is 3.17. The number of carboxylic acid groups (broad SMARTS) is 3. The van der Waals surface area contributed by atoms with Gasteiger partial charge in [0.15, 0.2) is 5.75 Å². The van der Waals surface area contributed by atoms with Gasteiger partial charge in [0.2, 0.25) is 0 Å². The maximum Gasteiger partial charge on any atom is 0.308 e. The molecule has 13 heteroatoms. The van der Waals surface area contributed by atoms with Crippen LogP contribution in [0.15, 0.2) is 0 Å². The first-order chi connectivity index (χ1) is 17.0. The summed E-state index contributed by atoms with van der Waals surface area (Å²) in [5.74, 6) is -2.81. The molecule has 0 radical (unpaired) electrons. The van der Waals surface area contributed by atoms with Gasteiger partial charge in [0.1, 0.15) is 0 Å². The minimum Gasteiger partial charge on any atom is -0.481 e. The zero-order valence-electron chi connectivity index (χ0n) is 21.8. The van der Waals surface area contributed by atoms with E-state index in [1.54, 1.807) is 42.3 Å². The molecule has 1 aromatic carbocycles. The Balaban J connectivity index is 4.16. The predicted octanol–water partition coefficient (Wildman–Crippen LogP) is 2.84. The number of anilines is 2. The van der Waals surface area contributed by atoms with Crippen molar-refractivity contribution in [1.29, 1.82) is 0 Å². The summed E-state index contributed by atoms with van der Waals surface area (Å²) < 4.78 is 0. The highest BCUT2D eigenvalue weighted by Gasteiger charge is 2.30. The molecule has 0 atom stereocenters. The number of benzene rings is 1. The lowest BCUT2D eigenvalue weighted by Crippen LogP contribution is -2.27. The molecule has 0 spiro atoms. The van der Waals surface area contributed by atoms with Gasteiger partial charge >= 0.3 is 17.9 Å². The largest absolute Gasteiger partial charge is 0.481 e. The molecule has 0 bridgehead atoms. The highest BCUT2D eigenvalue weighted by atomic mass is 32.1. The third-order valence-corrected chi connectivity index (χ3v) is 5.89. The molecule has 0 heterocycles. The summed E-state index contributed by atoms with van der Waals surface area (Å²) in [5, 5.41) is 29.4. The molecular formula is C24H33N3O7S3. The molecule has 0 saturated heterocycles. The molecular weight excluding hydrogens is 538 g/mol. The number of rotatable bonds is 16. The molecule has 0 saturated carbocycles. The highest BCUT2D eigenvalue weighted by molar-refractivity contribution is 7.80. The first-order valence-corrected chi connectivity index (χ1v) is 12.4. The minimum atomic E-state index is -1.07. The number of aliphatic carboxylic acids is 3. The Morgan fingerprint density at radius 3 is 1.16 bits per heavy atom. The van der Waals surface area contributed by atoms with Gasteiger partial charge in [-0.1, -0.05) is 36.7 Å². The lowest BCUT2D eigenvalue weighted by molar-refractivity contribution is -0.136. The second-order valence-corrected chi connectivity index (χ2v) is 10.7. The van der Waals surface area contributed by atoms with Gasteiger partial charge in [-0.25, -0.2) is 0 Å². The number of hydrogen-bond donors (Lipinski definition) is 3. The summed E-state index contributed by atoms with van der Waals surface area (Å²) >= 11 is 16.2. The standard InChI is InChI=1S/C24H33N3O7S3/c1-25(2)22-16(7-13(35)10-19(28)29)23(26(3)4)18(9-15(37)12-21(32)33)24(34-27(5)6)17(22)8-14(36)11-20(30)31/h7-12H2,1-6H3,(H,28,29)(H,30,31)(H,32,33). The second kappa shape index (κ2) is 14.3. The van der Waals surface area contributed by atoms with Crippen molar-refractivity contribution < 1.29 is 34.5 Å². The molecule has 10 nitrogen and oxygen atoms in total. The number of hydroxylamine groups is 2. The third-order valence-electron chi connectivity index (χ3n) is 5.03. The third kappa shape index (κ3) is 9.91. The fourth-order valence-electron chi connectivity index (χ4n) is 4.03. The number of carboxylic acids is 3. The Morgan fingerprint density at radius 1 is 0.622 bits per heavy atom. The minimum absolute atomic E-state index is 0.0728. The van der Waals surface area contributed by atoms with E-state index in [2.05, 4.69) is 0 Å². The van der Waals surface area contributed by atoms with E-state index in [-0.39, 0.29) is 53.1 Å². The first kappa shape index (κ1) is 32.3. The molecule has 0 unspecified atom stereocenters. The maximum atomic E-state index is 11.4. The van der Waals surface area contributed by atoms with Gasteiger partial charge in [-0.15, -0.1) is 0 Å². The zero-order chi connectivity index (χ0) is 28.6. The molecule has 1 rings (SSSR count). The molecule has 0 amide bonds. The van der Waals surface area contributed by atoms with Crippen LogP contribution in [-0.4, -0.2) is 95.2 Å². The van der Waals surface area contributed by atoms with Crippen molar-refractivity contribution in [3.05, 3.63) is 16.7 Å². The zero-order valence-corrected chi connectivity index (χ0v) is 24.2. The summed E-state index contributed by atoms with van der Waals surface area (Å²) in [6.07, 6.45) is -0.712. The van der Waals surface area contributed by atoms with E-state index in [4.69, 9.17) is 41.5 Å². The van der Waals surface area contributed by atoms with E-state index in [9.17, 15) is 29.7 Å². The molecule has 37 heavy (non-hydrogen) atoms. The van der Waals surface area contributed by atoms with Gasteiger partial charge in [-0.05, 0) is 0 Å². The van der Waals surface area contributed by atoms with Crippen molar-refractivity contribution in [2.45, 2.75) is 38.5 Å². The van der Waals surface area contributed by atoms with Crippen molar-refractivity contribution in [2.75, 3.05) is 52.1 Å². The van der Waals surface area contributed by atoms with Crippen LogP contribution in [-0.2, 0) is 33.6 Å². The molecule has 0 aromatic heterocycles. The van der Waals surface area contributed by atoms with Gasteiger partial charge in [0.25, 0.3) is 0 Å². The Hall–Kier alpha value is -2.74. The van der Waals surface area contributed by atoms with Crippen molar-refractivity contribution >= 4 is 80.5 Å². The summed E-state index contributed by atoms with van der Waals surface area (Å²) in [6.45, 7) is 0. The van der Waals surface area contributed by atoms with Crippen molar-refractivity contribution in [3.8, 4) is 5.75 Å². The fraction of sp³-hybridized carbons (Fsp3) is 0.500. The number of nitrogens with zero attached hydrogens (tertiary/aromatic N) is 3. The van der Waals surface area contributed by atoms with Crippen molar-refractivity contribution in [2.24, 2.45) is 0 Å². The smallest absolute Gasteiger partial charge is 0.308 e. The maximum absolute atomic E-state index is 11.4. The molecule has 0 aliphatic rings. The summed E-state index contributed by atoms with van der Waals surface area (Å²) in [4.78, 5) is 44.7. The fourth-order valence-corrected chi connectivity index (χ4v) is 4.83. The Kier molecular flexibility index (Phi) is 12.4. The van der Waals surface area contributed by atoms with Crippen molar-refractivity contribution in [3.63, 3.8) is 0 Å². The lowest BCUT2D eigenvalue weighted by Gasteiger charge is -2.33. The van der Waals surface area contributed by atoms with Gasteiger partial charge in [-0.2, -0.15) is 5.06 Å². The van der Waals surface area contributed by atoms with Gasteiger partial charge in [-0.3, -0.25) is 14.4 Å². The number of thiocarbonyl (C=S) groups is 3. The average molecular weight is 572 g/mol. The van der Waals surface area contributed by atoms with Gasteiger partial charge < -0.3 is 30.0 Å². The van der Waals surface area contributed by atoms with Crippen LogP contribution in [0.3, 0.4) is 0 Å². The SMILES string of the molecule is CN(C)Oc1c(CC(=S)CC(=O)O)c(N(C)C)c(CC(=S)CC(=O)O)c(N(C)C)c1CC(=S)CC(=O)O. The Morgan fingerprint density at radius 2 is 0.919 bits per heavy atom. The van der Waals surface area contributed by atoms with Gasteiger partial charge in [0, 0.05) is 104 Å². The van der Waals surface area contributed by atoms with E-state index in [1.807, 2.05) is 9.80 Å². The van der Waals surface area contributed by atoms with Crippen LogP contribution >= 0.6 is 36.7 Å². The predicted molar refractivity (Wildman–Crippen MR) is 155 cm³/mol. The van der Waals surface area contributed by atoms with E-state index < -0.39 is 17.9 Å². The molecule has 0 aliphatic heterocycles. The second-order valence-electron chi connectivity index (χ2n) is 9.01. The Labute approximate surface area is 232 Å². The van der Waals surface area contributed by atoms with E-state index in [0.717, 1.165) is 0 Å².